The lowest BCUT2D eigenvalue weighted by molar-refractivity contribution is -0.350. The van der Waals surface area contributed by atoms with Crippen LogP contribution in [0.5, 0.6) is 0 Å². The van der Waals surface area contributed by atoms with Crippen LogP contribution in [0.4, 0.5) is 0 Å². The van der Waals surface area contributed by atoms with Gasteiger partial charge >= 0.3 is 0 Å². The predicted octanol–water partition coefficient (Wildman–Crippen LogP) is -2.03. The maximum Gasteiger partial charge on any atom is 0.187 e. The summed E-state index contributed by atoms with van der Waals surface area (Å²) in [6.07, 6.45) is -10.0. The standard InChI is InChI=1S/C14H26O9/c1-5-10(19-3)7(15)8(16)14(22-5)23-11-6(2)21-13(18)12(20-4)9(11)17/h5-18H,1-4H3. The molecule has 0 bridgehead atoms. The van der Waals surface area contributed by atoms with Crippen molar-refractivity contribution in [2.75, 3.05) is 14.2 Å². The molecule has 23 heavy (non-hydrogen) atoms. The maximum absolute atomic E-state index is 10.3. The third kappa shape index (κ3) is 3.68. The zero-order valence-electron chi connectivity index (χ0n) is 13.6. The van der Waals surface area contributed by atoms with Gasteiger partial charge in [0.05, 0.1) is 12.2 Å². The molecule has 9 heteroatoms. The molecule has 0 radical (unpaired) electrons. The van der Waals surface area contributed by atoms with Gasteiger partial charge < -0.3 is 44.1 Å². The van der Waals surface area contributed by atoms with Crippen molar-refractivity contribution in [2.45, 2.75) is 75.3 Å². The fourth-order valence-electron chi connectivity index (χ4n) is 3.06. The number of ether oxygens (including phenoxy) is 5. The predicted molar refractivity (Wildman–Crippen MR) is 75.4 cm³/mol. The quantitative estimate of drug-likeness (QED) is 0.459. The number of aliphatic hydroxyl groups excluding tert-OH is 4. The Bertz CT molecular complexity index is 381. The molecule has 2 saturated heterocycles. The highest BCUT2D eigenvalue weighted by Gasteiger charge is 2.49. The van der Waals surface area contributed by atoms with Crippen LogP contribution in [0.25, 0.3) is 0 Å². The van der Waals surface area contributed by atoms with E-state index in [4.69, 9.17) is 23.7 Å². The lowest BCUT2D eigenvalue weighted by atomic mass is 9.97. The average molecular weight is 338 g/mol. The summed E-state index contributed by atoms with van der Waals surface area (Å²) in [5.74, 6) is 0. The molecule has 0 spiro atoms. The van der Waals surface area contributed by atoms with Gasteiger partial charge in [-0.05, 0) is 13.8 Å². The number of methoxy groups -OCH3 is 2. The Morgan fingerprint density at radius 2 is 1.26 bits per heavy atom. The lowest BCUT2D eigenvalue weighted by Crippen LogP contribution is -2.63. The molecule has 136 valence electrons. The molecular weight excluding hydrogens is 312 g/mol. The average Bonchev–Trinajstić information content (AvgIpc) is 2.49. The highest BCUT2D eigenvalue weighted by Crippen LogP contribution is 2.29. The van der Waals surface area contributed by atoms with E-state index in [0.717, 1.165) is 0 Å². The lowest BCUT2D eigenvalue weighted by Gasteiger charge is -2.45. The van der Waals surface area contributed by atoms with E-state index >= 15 is 0 Å². The zero-order chi connectivity index (χ0) is 17.3. The molecule has 2 rings (SSSR count). The highest BCUT2D eigenvalue weighted by molar-refractivity contribution is 4.92. The molecule has 2 heterocycles. The first-order valence-corrected chi connectivity index (χ1v) is 7.56. The minimum Gasteiger partial charge on any atom is -0.387 e. The van der Waals surface area contributed by atoms with Crippen molar-refractivity contribution in [1.29, 1.82) is 0 Å². The van der Waals surface area contributed by atoms with Gasteiger partial charge in [0.25, 0.3) is 0 Å². The van der Waals surface area contributed by atoms with Crippen LogP contribution in [0.15, 0.2) is 0 Å². The van der Waals surface area contributed by atoms with Crippen LogP contribution in [0, 0.1) is 0 Å². The molecule has 10 atom stereocenters. The van der Waals surface area contributed by atoms with Crippen molar-refractivity contribution in [3.8, 4) is 0 Å². The minimum atomic E-state index is -1.36. The molecule has 0 aliphatic carbocycles. The van der Waals surface area contributed by atoms with Gasteiger partial charge in [0, 0.05) is 14.2 Å². The molecule has 0 aromatic carbocycles. The number of hydrogen-bond donors (Lipinski definition) is 4. The molecule has 4 N–H and O–H groups in total. The van der Waals surface area contributed by atoms with E-state index in [1.807, 2.05) is 0 Å². The van der Waals surface area contributed by atoms with Crippen LogP contribution < -0.4 is 0 Å². The van der Waals surface area contributed by atoms with Crippen molar-refractivity contribution < 1.29 is 44.1 Å². The Balaban J connectivity index is 2.08. The largest absolute Gasteiger partial charge is 0.387 e. The fraction of sp³-hybridized carbons (Fsp3) is 1.00. The molecule has 2 fully saturated rings. The van der Waals surface area contributed by atoms with Crippen molar-refractivity contribution >= 4 is 0 Å². The molecule has 0 saturated carbocycles. The third-order valence-corrected chi connectivity index (χ3v) is 4.38. The SMILES string of the molecule is COC1C(C)OC(OC2C(C)OC(O)C(OC)C2O)C(O)C1O. The summed E-state index contributed by atoms with van der Waals surface area (Å²) in [6, 6.07) is 0. The summed E-state index contributed by atoms with van der Waals surface area (Å²) in [6.45, 7) is 3.29. The molecule has 0 aromatic heterocycles. The van der Waals surface area contributed by atoms with Crippen LogP contribution in [-0.2, 0) is 23.7 Å². The molecule has 0 amide bonds. The van der Waals surface area contributed by atoms with E-state index in [0.29, 0.717) is 0 Å². The zero-order valence-corrected chi connectivity index (χ0v) is 13.6. The van der Waals surface area contributed by atoms with Crippen LogP contribution >= 0.6 is 0 Å². The third-order valence-electron chi connectivity index (χ3n) is 4.38. The van der Waals surface area contributed by atoms with Crippen molar-refractivity contribution in [1.82, 2.24) is 0 Å². The Morgan fingerprint density at radius 1 is 0.696 bits per heavy atom. The van der Waals surface area contributed by atoms with Crippen LogP contribution in [0.1, 0.15) is 13.8 Å². The van der Waals surface area contributed by atoms with E-state index in [1.54, 1.807) is 13.8 Å². The van der Waals surface area contributed by atoms with Crippen LogP contribution in [0.3, 0.4) is 0 Å². The fourth-order valence-corrected chi connectivity index (χ4v) is 3.06. The van der Waals surface area contributed by atoms with Gasteiger partial charge in [0.2, 0.25) is 0 Å². The number of aliphatic hydroxyl groups is 4. The van der Waals surface area contributed by atoms with Gasteiger partial charge in [-0.1, -0.05) is 0 Å². The summed E-state index contributed by atoms with van der Waals surface area (Å²) in [7, 11) is 2.74. The minimum absolute atomic E-state index is 0.524. The smallest absolute Gasteiger partial charge is 0.187 e. The van der Waals surface area contributed by atoms with Gasteiger partial charge in [0.15, 0.2) is 12.6 Å². The van der Waals surface area contributed by atoms with Crippen LogP contribution in [0.2, 0.25) is 0 Å². The Hall–Kier alpha value is -0.360. The van der Waals surface area contributed by atoms with E-state index in [-0.39, 0.29) is 0 Å². The first kappa shape index (κ1) is 19.0. The Kier molecular flexibility index (Phi) is 6.34. The maximum atomic E-state index is 10.3. The van der Waals surface area contributed by atoms with Gasteiger partial charge in [-0.2, -0.15) is 0 Å². The second-order valence-electron chi connectivity index (χ2n) is 5.91. The second-order valence-corrected chi connectivity index (χ2v) is 5.91. The molecule has 0 aromatic rings. The van der Waals surface area contributed by atoms with E-state index < -0.39 is 61.4 Å². The van der Waals surface area contributed by atoms with Gasteiger partial charge in [-0.15, -0.1) is 0 Å². The van der Waals surface area contributed by atoms with Crippen molar-refractivity contribution in [3.05, 3.63) is 0 Å². The Labute approximate surface area is 134 Å². The normalized spacial score (nSPS) is 51.7. The molecule has 2 aliphatic heterocycles. The van der Waals surface area contributed by atoms with Gasteiger partial charge in [0.1, 0.15) is 36.6 Å². The van der Waals surface area contributed by atoms with Crippen molar-refractivity contribution in [3.63, 3.8) is 0 Å². The van der Waals surface area contributed by atoms with Gasteiger partial charge in [-0.25, -0.2) is 0 Å². The summed E-state index contributed by atoms with van der Waals surface area (Å²) in [5, 5.41) is 40.3. The molecule has 10 unspecified atom stereocenters. The molecular formula is C14H26O9. The number of hydrogen-bond acceptors (Lipinski definition) is 9. The van der Waals surface area contributed by atoms with Crippen molar-refractivity contribution in [2.24, 2.45) is 0 Å². The monoisotopic (exact) mass is 338 g/mol. The first-order chi connectivity index (χ1) is 10.8. The highest BCUT2D eigenvalue weighted by atomic mass is 16.7. The van der Waals surface area contributed by atoms with E-state index in [1.165, 1.54) is 14.2 Å². The summed E-state index contributed by atoms with van der Waals surface area (Å²) < 4.78 is 26.5. The summed E-state index contributed by atoms with van der Waals surface area (Å²) in [5.41, 5.74) is 0. The molecule has 2 aliphatic rings. The topological polar surface area (TPSA) is 127 Å². The van der Waals surface area contributed by atoms with E-state index in [9.17, 15) is 20.4 Å². The summed E-state index contributed by atoms with van der Waals surface area (Å²) in [4.78, 5) is 0. The Morgan fingerprint density at radius 3 is 1.83 bits per heavy atom. The second kappa shape index (κ2) is 7.68. The first-order valence-electron chi connectivity index (χ1n) is 7.56. The van der Waals surface area contributed by atoms with Crippen LogP contribution in [-0.4, -0.2) is 96.1 Å². The summed E-state index contributed by atoms with van der Waals surface area (Å²) >= 11 is 0. The molecule has 9 nitrogen and oxygen atoms in total. The van der Waals surface area contributed by atoms with E-state index in [2.05, 4.69) is 0 Å². The number of rotatable bonds is 4. The van der Waals surface area contributed by atoms with Gasteiger partial charge in [-0.3, -0.25) is 0 Å².